The van der Waals surface area contributed by atoms with Crippen molar-refractivity contribution in [1.82, 2.24) is 5.32 Å². The highest BCUT2D eigenvalue weighted by Crippen LogP contribution is 2.31. The number of anilines is 1. The number of nitrogens with one attached hydrogen (secondary N) is 2. The summed E-state index contributed by atoms with van der Waals surface area (Å²) in [5.41, 5.74) is 0.121. The molecule has 1 fully saturated rings. The predicted molar refractivity (Wildman–Crippen MR) is 84.7 cm³/mol. The van der Waals surface area contributed by atoms with Crippen LogP contribution in [0.25, 0.3) is 0 Å². The van der Waals surface area contributed by atoms with Crippen molar-refractivity contribution in [1.29, 1.82) is 0 Å². The molecule has 7 nitrogen and oxygen atoms in total. The van der Waals surface area contributed by atoms with Crippen molar-refractivity contribution >= 4 is 17.5 Å². The number of methoxy groups -OCH3 is 1. The Morgan fingerprint density at radius 1 is 1.16 bits per heavy atom. The van der Waals surface area contributed by atoms with Crippen LogP contribution in [0, 0.1) is 0 Å². The second kappa shape index (κ2) is 8.61. The van der Waals surface area contributed by atoms with Crippen LogP contribution in [0.2, 0.25) is 0 Å². The quantitative estimate of drug-likeness (QED) is 0.696. The van der Waals surface area contributed by atoms with Crippen LogP contribution in [0.3, 0.4) is 0 Å². The van der Waals surface area contributed by atoms with Gasteiger partial charge in [0.1, 0.15) is 0 Å². The fourth-order valence-electron chi connectivity index (χ4n) is 2.60. The van der Waals surface area contributed by atoms with E-state index in [1.54, 1.807) is 0 Å². The van der Waals surface area contributed by atoms with Crippen molar-refractivity contribution in [3.63, 3.8) is 0 Å². The zero-order valence-corrected chi connectivity index (χ0v) is 13.6. The molecule has 0 atom stereocenters. The third kappa shape index (κ3) is 5.56. The van der Waals surface area contributed by atoms with Gasteiger partial charge in [-0.15, -0.1) is 0 Å². The van der Waals surface area contributed by atoms with Crippen molar-refractivity contribution in [3.05, 3.63) is 18.2 Å². The molecule has 0 heterocycles. The Labute approximate surface area is 143 Å². The lowest BCUT2D eigenvalue weighted by molar-refractivity contribution is -0.136. The Morgan fingerprint density at radius 3 is 2.44 bits per heavy atom. The van der Waals surface area contributed by atoms with Gasteiger partial charge in [-0.25, -0.2) is 0 Å². The summed E-state index contributed by atoms with van der Waals surface area (Å²) >= 11 is 0. The van der Waals surface area contributed by atoms with E-state index < -0.39 is 18.4 Å². The van der Waals surface area contributed by atoms with Crippen LogP contribution in [0.5, 0.6) is 11.5 Å². The molecule has 1 aliphatic carbocycles. The van der Waals surface area contributed by atoms with Gasteiger partial charge in [-0.2, -0.15) is 8.78 Å². The monoisotopic (exact) mass is 358 g/mol. The smallest absolute Gasteiger partial charge is 0.387 e. The maximum Gasteiger partial charge on any atom is 0.387 e. The number of benzene rings is 1. The molecule has 0 spiro atoms. The Kier molecular flexibility index (Phi) is 6.51. The number of alkyl halides is 2. The molecule has 9 heteroatoms. The van der Waals surface area contributed by atoms with Crippen LogP contribution >= 0.6 is 0 Å². The molecule has 0 unspecified atom stereocenters. The van der Waals surface area contributed by atoms with Gasteiger partial charge in [-0.1, -0.05) is 0 Å². The molecule has 138 valence electrons. The first-order valence-corrected chi connectivity index (χ1v) is 7.81. The van der Waals surface area contributed by atoms with Crippen LogP contribution in [0.1, 0.15) is 25.7 Å². The van der Waals surface area contributed by atoms with E-state index in [1.165, 1.54) is 19.2 Å². The van der Waals surface area contributed by atoms with E-state index in [0.717, 1.165) is 6.07 Å². The van der Waals surface area contributed by atoms with Gasteiger partial charge in [-0.3, -0.25) is 9.59 Å². The van der Waals surface area contributed by atoms with Gasteiger partial charge in [0.05, 0.1) is 13.2 Å². The van der Waals surface area contributed by atoms with Crippen LogP contribution in [0.4, 0.5) is 14.5 Å². The van der Waals surface area contributed by atoms with Gasteiger partial charge in [0.2, 0.25) is 0 Å². The average molecular weight is 358 g/mol. The Morgan fingerprint density at radius 2 is 1.84 bits per heavy atom. The van der Waals surface area contributed by atoms with Crippen molar-refractivity contribution in [2.75, 3.05) is 12.4 Å². The van der Waals surface area contributed by atoms with E-state index in [2.05, 4.69) is 15.4 Å². The minimum absolute atomic E-state index is 0.0727. The largest absolute Gasteiger partial charge is 0.493 e. The van der Waals surface area contributed by atoms with E-state index in [4.69, 9.17) is 4.74 Å². The van der Waals surface area contributed by atoms with Gasteiger partial charge in [0, 0.05) is 17.8 Å². The van der Waals surface area contributed by atoms with Crippen LogP contribution in [-0.2, 0) is 9.59 Å². The van der Waals surface area contributed by atoms with E-state index in [1.807, 2.05) is 0 Å². The summed E-state index contributed by atoms with van der Waals surface area (Å²) in [6.45, 7) is -3.05. The molecule has 3 N–H and O–H groups in total. The summed E-state index contributed by atoms with van der Waals surface area (Å²) in [4.78, 5) is 23.9. The number of carbonyl (C=O) groups excluding carboxylic acids is 2. The number of aliphatic hydroxyl groups excluding tert-OH is 1. The molecule has 1 saturated carbocycles. The van der Waals surface area contributed by atoms with Crippen molar-refractivity contribution < 1.29 is 33.0 Å². The number of aliphatic hydroxyl groups is 1. The number of carbonyl (C=O) groups is 2. The number of ether oxygens (including phenoxy) is 2. The molecule has 0 aliphatic heterocycles. The molecular formula is C16H20F2N2O5. The molecule has 0 aromatic heterocycles. The van der Waals surface area contributed by atoms with Gasteiger partial charge in [0.25, 0.3) is 0 Å². The lowest BCUT2D eigenvalue weighted by Gasteiger charge is -2.25. The van der Waals surface area contributed by atoms with Crippen molar-refractivity contribution in [3.8, 4) is 11.5 Å². The third-order valence-corrected chi connectivity index (χ3v) is 3.88. The molecule has 1 aromatic rings. The number of hydrogen-bond donors (Lipinski definition) is 3. The number of rotatable bonds is 5. The summed E-state index contributed by atoms with van der Waals surface area (Å²) in [5.74, 6) is -1.92. The van der Waals surface area contributed by atoms with Gasteiger partial charge < -0.3 is 25.2 Å². The molecule has 1 aliphatic rings. The second-order valence-electron chi connectivity index (χ2n) is 5.68. The highest BCUT2D eigenvalue weighted by atomic mass is 19.3. The second-order valence-corrected chi connectivity index (χ2v) is 5.68. The molecule has 0 bridgehead atoms. The predicted octanol–water partition coefficient (Wildman–Crippen LogP) is 1.65. The van der Waals surface area contributed by atoms with Gasteiger partial charge in [0.15, 0.2) is 11.5 Å². The SMILES string of the molecule is COc1ccc(NC(=O)C(=O)NC2CCC(O)CC2)cc1OC(F)F. The summed E-state index contributed by atoms with van der Waals surface area (Å²) in [5, 5.41) is 14.3. The third-order valence-electron chi connectivity index (χ3n) is 3.88. The fourth-order valence-corrected chi connectivity index (χ4v) is 2.60. The molecule has 0 saturated heterocycles. The standard InChI is InChI=1S/C16H20F2N2O5/c1-24-12-7-4-10(8-13(12)25-16(17)18)20-15(23)14(22)19-9-2-5-11(21)6-3-9/h4,7-9,11,16,21H,2-3,5-6H2,1H3,(H,19,22)(H,20,23). The van der Waals surface area contributed by atoms with E-state index in [9.17, 15) is 23.5 Å². The fraction of sp³-hybridized carbons (Fsp3) is 0.500. The highest BCUT2D eigenvalue weighted by molar-refractivity contribution is 6.39. The summed E-state index contributed by atoms with van der Waals surface area (Å²) in [6.07, 6.45) is 1.96. The van der Waals surface area contributed by atoms with Gasteiger partial charge in [-0.05, 0) is 37.8 Å². The lowest BCUT2D eigenvalue weighted by atomic mass is 9.93. The zero-order chi connectivity index (χ0) is 18.4. The molecule has 25 heavy (non-hydrogen) atoms. The lowest BCUT2D eigenvalue weighted by Crippen LogP contribution is -2.43. The number of halogens is 2. The van der Waals surface area contributed by atoms with Gasteiger partial charge >= 0.3 is 18.4 Å². The minimum atomic E-state index is -3.05. The maximum atomic E-state index is 12.4. The Bertz CT molecular complexity index is 619. The van der Waals surface area contributed by atoms with Crippen molar-refractivity contribution in [2.24, 2.45) is 0 Å². The van der Waals surface area contributed by atoms with Crippen LogP contribution < -0.4 is 20.1 Å². The Balaban J connectivity index is 1.96. The first-order valence-electron chi connectivity index (χ1n) is 7.81. The number of hydrogen-bond acceptors (Lipinski definition) is 5. The Hall–Kier alpha value is -2.42. The minimum Gasteiger partial charge on any atom is -0.493 e. The molecule has 2 amide bonds. The van der Waals surface area contributed by atoms with E-state index >= 15 is 0 Å². The molecule has 1 aromatic carbocycles. The first-order chi connectivity index (χ1) is 11.9. The zero-order valence-electron chi connectivity index (χ0n) is 13.6. The van der Waals surface area contributed by atoms with Crippen LogP contribution in [-0.4, -0.2) is 42.8 Å². The summed E-state index contributed by atoms with van der Waals surface area (Å²) in [7, 11) is 1.29. The molecule has 0 radical (unpaired) electrons. The normalized spacial score (nSPS) is 20.0. The first kappa shape index (κ1) is 18.9. The number of amides is 2. The average Bonchev–Trinajstić information content (AvgIpc) is 2.56. The topological polar surface area (TPSA) is 96.9 Å². The maximum absolute atomic E-state index is 12.4. The summed E-state index contributed by atoms with van der Waals surface area (Å²) in [6, 6.07) is 3.72. The van der Waals surface area contributed by atoms with E-state index in [0.29, 0.717) is 25.7 Å². The highest BCUT2D eigenvalue weighted by Gasteiger charge is 2.24. The molecule has 2 rings (SSSR count). The van der Waals surface area contributed by atoms with Crippen LogP contribution in [0.15, 0.2) is 18.2 Å². The summed E-state index contributed by atoms with van der Waals surface area (Å²) < 4.78 is 34.0. The van der Waals surface area contributed by atoms with E-state index in [-0.39, 0.29) is 29.3 Å². The molecular weight excluding hydrogens is 338 g/mol. The van der Waals surface area contributed by atoms with Crippen molar-refractivity contribution in [2.45, 2.75) is 44.4 Å².